The van der Waals surface area contributed by atoms with E-state index in [1.54, 1.807) is 0 Å². The van der Waals surface area contributed by atoms with Crippen LogP contribution >= 0.6 is 0 Å². The molecule has 1 aromatic heterocycles. The standard InChI is InChI=1S/C44H27N3/c45-28-30-18-19-44-42(22-30)41-16-7-8-17-43(41)47(44)40-21-31(29-46)20-36(27-40)34-14-9-15-35(23-34)39-25-37(32-10-3-1-4-11-32)24-38(26-39)33-12-5-2-6-13-33/h1-27H. The van der Waals surface area contributed by atoms with Gasteiger partial charge in [-0.05, 0) is 111 Å². The van der Waals surface area contributed by atoms with Gasteiger partial charge in [0.15, 0.2) is 0 Å². The van der Waals surface area contributed by atoms with Crippen LogP contribution in [0.1, 0.15) is 11.1 Å². The molecule has 1 heterocycles. The van der Waals surface area contributed by atoms with Crippen molar-refractivity contribution in [1.82, 2.24) is 4.57 Å². The van der Waals surface area contributed by atoms with Crippen LogP contribution in [0, 0.1) is 22.7 Å². The molecule has 0 spiro atoms. The topological polar surface area (TPSA) is 52.5 Å². The highest BCUT2D eigenvalue weighted by atomic mass is 15.0. The largest absolute Gasteiger partial charge is 0.309 e. The lowest BCUT2D eigenvalue weighted by Crippen LogP contribution is -1.96. The molecular formula is C44H27N3. The normalized spacial score (nSPS) is 10.9. The molecule has 0 bridgehead atoms. The highest BCUT2D eigenvalue weighted by molar-refractivity contribution is 6.09. The van der Waals surface area contributed by atoms with E-state index in [9.17, 15) is 10.5 Å². The molecule has 218 valence electrons. The first-order chi connectivity index (χ1) is 23.2. The summed E-state index contributed by atoms with van der Waals surface area (Å²) in [6.07, 6.45) is 0. The number of fused-ring (bicyclic) bond motifs is 3. The highest BCUT2D eigenvalue weighted by Crippen LogP contribution is 2.37. The third kappa shape index (κ3) is 5.13. The average Bonchev–Trinajstić information content (AvgIpc) is 3.49. The Kier molecular flexibility index (Phi) is 6.92. The molecule has 0 unspecified atom stereocenters. The van der Waals surface area contributed by atoms with E-state index in [1.807, 2.05) is 54.6 Å². The Labute approximate surface area is 273 Å². The second kappa shape index (κ2) is 11.7. The molecule has 0 saturated carbocycles. The fourth-order valence-electron chi connectivity index (χ4n) is 6.56. The number of para-hydroxylation sites is 1. The number of aromatic nitrogens is 1. The second-order valence-electron chi connectivity index (χ2n) is 11.7. The lowest BCUT2D eigenvalue weighted by atomic mass is 9.92. The van der Waals surface area contributed by atoms with Gasteiger partial charge >= 0.3 is 0 Å². The maximum atomic E-state index is 10.1. The van der Waals surface area contributed by atoms with Crippen LogP contribution in [0.4, 0.5) is 0 Å². The van der Waals surface area contributed by atoms with Crippen molar-refractivity contribution in [2.45, 2.75) is 0 Å². The molecule has 7 aromatic carbocycles. The molecule has 3 heteroatoms. The van der Waals surface area contributed by atoms with Gasteiger partial charge < -0.3 is 4.57 Å². The lowest BCUT2D eigenvalue weighted by molar-refractivity contribution is 1.18. The third-order valence-electron chi connectivity index (χ3n) is 8.78. The van der Waals surface area contributed by atoms with Crippen molar-refractivity contribution in [2.75, 3.05) is 0 Å². The summed E-state index contributed by atoms with van der Waals surface area (Å²) in [7, 11) is 0. The van der Waals surface area contributed by atoms with Gasteiger partial charge in [0.25, 0.3) is 0 Å². The minimum Gasteiger partial charge on any atom is -0.309 e. The van der Waals surface area contributed by atoms with Crippen LogP contribution in [0.15, 0.2) is 164 Å². The van der Waals surface area contributed by atoms with E-state index in [1.165, 1.54) is 11.1 Å². The van der Waals surface area contributed by atoms with Crippen LogP contribution in [0.2, 0.25) is 0 Å². The predicted octanol–water partition coefficient (Wildman–Crippen LogP) is 11.2. The first kappa shape index (κ1) is 27.8. The first-order valence-electron chi connectivity index (χ1n) is 15.5. The minimum absolute atomic E-state index is 0.583. The quantitative estimate of drug-likeness (QED) is 0.198. The number of benzene rings is 7. The molecular weight excluding hydrogens is 571 g/mol. The second-order valence-corrected chi connectivity index (χ2v) is 11.7. The number of hydrogen-bond acceptors (Lipinski definition) is 2. The van der Waals surface area contributed by atoms with E-state index in [-0.39, 0.29) is 0 Å². The van der Waals surface area contributed by atoms with Gasteiger partial charge in [-0.3, -0.25) is 0 Å². The Balaban J connectivity index is 1.29. The first-order valence-corrected chi connectivity index (χ1v) is 15.5. The Morgan fingerprint density at radius 2 is 0.851 bits per heavy atom. The fourth-order valence-corrected chi connectivity index (χ4v) is 6.56. The van der Waals surface area contributed by atoms with Gasteiger partial charge in [0.1, 0.15) is 0 Å². The van der Waals surface area contributed by atoms with Crippen LogP contribution in [0.3, 0.4) is 0 Å². The monoisotopic (exact) mass is 597 g/mol. The Morgan fingerprint density at radius 1 is 0.340 bits per heavy atom. The van der Waals surface area contributed by atoms with Crippen LogP contribution in [0.25, 0.3) is 72.0 Å². The zero-order valence-corrected chi connectivity index (χ0v) is 25.4. The van der Waals surface area contributed by atoms with Gasteiger partial charge in [0.2, 0.25) is 0 Å². The average molecular weight is 598 g/mol. The zero-order chi connectivity index (χ0) is 31.7. The van der Waals surface area contributed by atoms with E-state index in [0.717, 1.165) is 60.9 Å². The molecule has 8 rings (SSSR count). The third-order valence-corrected chi connectivity index (χ3v) is 8.78. The summed E-state index contributed by atoms with van der Waals surface area (Å²) in [5, 5.41) is 21.8. The lowest BCUT2D eigenvalue weighted by Gasteiger charge is -2.14. The molecule has 8 aromatic rings. The SMILES string of the molecule is N#Cc1cc(-c2cccc(-c3cc(-c4ccccc4)cc(-c4ccccc4)c3)c2)cc(-n2c3ccccc3c3cc(C#N)ccc32)c1. The minimum atomic E-state index is 0.583. The molecule has 0 aliphatic rings. The maximum absolute atomic E-state index is 10.1. The van der Waals surface area contributed by atoms with Crippen molar-refractivity contribution < 1.29 is 0 Å². The van der Waals surface area contributed by atoms with Gasteiger partial charge in [0.05, 0.1) is 34.3 Å². The summed E-state index contributed by atoms with van der Waals surface area (Å²) >= 11 is 0. The maximum Gasteiger partial charge on any atom is 0.0992 e. The number of rotatable bonds is 5. The molecule has 0 amide bonds. The van der Waals surface area contributed by atoms with Crippen LogP contribution < -0.4 is 0 Å². The van der Waals surface area contributed by atoms with Gasteiger partial charge in [-0.1, -0.05) is 97.1 Å². The molecule has 47 heavy (non-hydrogen) atoms. The summed E-state index contributed by atoms with van der Waals surface area (Å²) in [6, 6.07) is 61.0. The predicted molar refractivity (Wildman–Crippen MR) is 192 cm³/mol. The van der Waals surface area contributed by atoms with E-state index in [0.29, 0.717) is 11.1 Å². The number of hydrogen-bond donors (Lipinski definition) is 0. The molecule has 3 nitrogen and oxygen atoms in total. The smallest absolute Gasteiger partial charge is 0.0992 e. The summed E-state index contributed by atoms with van der Waals surface area (Å²) in [5.74, 6) is 0. The summed E-state index contributed by atoms with van der Waals surface area (Å²) in [6.45, 7) is 0. The van der Waals surface area contributed by atoms with E-state index >= 15 is 0 Å². The van der Waals surface area contributed by atoms with Crippen LogP contribution in [0.5, 0.6) is 0 Å². The van der Waals surface area contributed by atoms with E-state index in [2.05, 4.69) is 126 Å². The summed E-state index contributed by atoms with van der Waals surface area (Å²) in [4.78, 5) is 0. The van der Waals surface area contributed by atoms with Crippen molar-refractivity contribution in [3.63, 3.8) is 0 Å². The highest BCUT2D eigenvalue weighted by Gasteiger charge is 2.15. The van der Waals surface area contributed by atoms with Crippen molar-refractivity contribution in [2.24, 2.45) is 0 Å². The molecule has 0 atom stereocenters. The zero-order valence-electron chi connectivity index (χ0n) is 25.4. The fraction of sp³-hybridized carbons (Fsp3) is 0. The molecule has 0 radical (unpaired) electrons. The van der Waals surface area contributed by atoms with Crippen molar-refractivity contribution in [3.05, 3.63) is 175 Å². The molecule has 0 saturated heterocycles. The van der Waals surface area contributed by atoms with Crippen molar-refractivity contribution in [3.8, 4) is 62.3 Å². The molecule has 0 aliphatic carbocycles. The summed E-state index contributed by atoms with van der Waals surface area (Å²) < 4.78 is 2.19. The summed E-state index contributed by atoms with van der Waals surface area (Å²) in [5.41, 5.74) is 13.0. The van der Waals surface area contributed by atoms with Gasteiger partial charge in [-0.25, -0.2) is 0 Å². The van der Waals surface area contributed by atoms with Crippen molar-refractivity contribution >= 4 is 21.8 Å². The van der Waals surface area contributed by atoms with Gasteiger partial charge in [-0.2, -0.15) is 10.5 Å². The number of nitrogens with zero attached hydrogens (tertiary/aromatic N) is 3. The molecule has 0 aliphatic heterocycles. The Hall–Kier alpha value is -6.68. The number of nitriles is 2. The van der Waals surface area contributed by atoms with Crippen LogP contribution in [-0.4, -0.2) is 4.57 Å². The Bertz CT molecular complexity index is 2470. The van der Waals surface area contributed by atoms with Gasteiger partial charge in [0, 0.05) is 16.5 Å². The molecule has 0 fully saturated rings. The van der Waals surface area contributed by atoms with Crippen molar-refractivity contribution in [1.29, 1.82) is 10.5 Å². The molecule has 0 N–H and O–H groups in total. The van der Waals surface area contributed by atoms with E-state index in [4.69, 9.17) is 0 Å². The Morgan fingerprint density at radius 3 is 1.49 bits per heavy atom. The van der Waals surface area contributed by atoms with Gasteiger partial charge in [-0.15, -0.1) is 0 Å². The van der Waals surface area contributed by atoms with Crippen LogP contribution in [-0.2, 0) is 0 Å². The van der Waals surface area contributed by atoms with E-state index < -0.39 is 0 Å².